The molecule has 1 unspecified atom stereocenters. The van der Waals surface area contributed by atoms with Crippen LogP contribution in [-0.2, 0) is 32.8 Å². The molecule has 1 aliphatic rings. The van der Waals surface area contributed by atoms with E-state index in [2.05, 4.69) is 27.7 Å². The van der Waals surface area contributed by atoms with Crippen molar-refractivity contribution in [3.63, 3.8) is 0 Å². The molecule has 1 aliphatic heterocycles. The van der Waals surface area contributed by atoms with Crippen LogP contribution >= 0.6 is 7.52 Å². The maximum absolute atomic E-state index is 14.3. The normalized spacial score (nSPS) is 22.9. The topological polar surface area (TPSA) is 75.7 Å². The Hall–Kier alpha value is -0.0500. The minimum atomic E-state index is -3.15. The van der Waals surface area contributed by atoms with Gasteiger partial charge in [0, 0.05) is 13.1 Å². The molecule has 0 N–H and O–H groups in total. The molecular weight excluding hydrogens is 421 g/mol. The van der Waals surface area contributed by atoms with Crippen LogP contribution in [0.3, 0.4) is 0 Å². The average Bonchev–Trinajstić information content (AvgIpc) is 2.71. The minimum Gasteiger partial charge on any atom is -0.378 e. The number of nitrogens with zero attached hydrogens (tertiary/aromatic N) is 1. The van der Waals surface area contributed by atoms with Crippen LogP contribution in [0, 0.1) is 5.41 Å². The summed E-state index contributed by atoms with van der Waals surface area (Å²) in [6.45, 7) is 18.8. The number of hydrogen-bond acceptors (Lipinski definition) is 7. The molecule has 1 heterocycles. The van der Waals surface area contributed by atoms with Crippen molar-refractivity contribution < 1.29 is 32.8 Å². The van der Waals surface area contributed by atoms with Crippen LogP contribution in [0.2, 0.25) is 0 Å². The molecule has 8 nitrogen and oxygen atoms in total. The van der Waals surface area contributed by atoms with Crippen LogP contribution in [0.25, 0.3) is 0 Å². The van der Waals surface area contributed by atoms with Gasteiger partial charge in [0.1, 0.15) is 0 Å². The molecule has 0 aliphatic carbocycles. The highest BCUT2D eigenvalue weighted by atomic mass is 31.2. The number of ether oxygens (including phenoxy) is 5. The van der Waals surface area contributed by atoms with E-state index in [1.807, 2.05) is 18.5 Å². The first kappa shape index (κ1) is 29.0. The average molecular weight is 468 g/mol. The zero-order valence-electron chi connectivity index (χ0n) is 20.7. The highest BCUT2D eigenvalue weighted by molar-refractivity contribution is 7.58. The third-order valence-electron chi connectivity index (χ3n) is 5.15. The first-order chi connectivity index (χ1) is 14.6. The summed E-state index contributed by atoms with van der Waals surface area (Å²) in [7, 11) is -3.15. The first-order valence-corrected chi connectivity index (χ1v) is 13.1. The second-order valence-electron chi connectivity index (χ2n) is 9.54. The second-order valence-corrected chi connectivity index (χ2v) is 12.6. The molecule has 1 fully saturated rings. The van der Waals surface area contributed by atoms with Crippen molar-refractivity contribution in [1.82, 2.24) is 4.67 Å². The van der Waals surface area contributed by atoms with Gasteiger partial charge in [-0.05, 0) is 25.7 Å². The lowest BCUT2D eigenvalue weighted by Gasteiger charge is -2.41. The molecule has 0 aromatic rings. The Kier molecular flexibility index (Phi) is 14.0. The number of hydrogen-bond donors (Lipinski definition) is 0. The Labute approximate surface area is 189 Å². The molecule has 0 aromatic heterocycles. The van der Waals surface area contributed by atoms with E-state index in [1.54, 1.807) is 0 Å². The van der Waals surface area contributed by atoms with Crippen molar-refractivity contribution in [2.45, 2.75) is 53.1 Å². The van der Waals surface area contributed by atoms with Gasteiger partial charge in [-0.3, -0.25) is 4.57 Å². The summed E-state index contributed by atoms with van der Waals surface area (Å²) in [6, 6.07) is 0. The van der Waals surface area contributed by atoms with E-state index in [-0.39, 0.29) is 5.41 Å². The third kappa shape index (κ3) is 11.6. The van der Waals surface area contributed by atoms with Crippen LogP contribution in [0.1, 0.15) is 48.0 Å². The quantitative estimate of drug-likeness (QED) is 0.565. The van der Waals surface area contributed by atoms with Crippen molar-refractivity contribution >= 4 is 7.52 Å². The summed E-state index contributed by atoms with van der Waals surface area (Å²) in [6.07, 6.45) is 0.746. The Morgan fingerprint density at radius 1 is 0.710 bits per heavy atom. The summed E-state index contributed by atoms with van der Waals surface area (Å²) in [5.74, 6) is 0. The lowest BCUT2D eigenvalue weighted by atomic mass is 9.99. The maximum atomic E-state index is 14.3. The third-order valence-corrected chi connectivity index (χ3v) is 8.62. The zero-order chi connectivity index (χ0) is 23.2. The summed E-state index contributed by atoms with van der Waals surface area (Å²) < 4.78 is 50.5. The van der Waals surface area contributed by atoms with Gasteiger partial charge >= 0.3 is 0 Å². The lowest BCUT2D eigenvalue weighted by molar-refractivity contribution is -0.0159. The molecule has 0 bridgehead atoms. The summed E-state index contributed by atoms with van der Waals surface area (Å²) in [5, 5.41) is -0.485. The number of rotatable bonds is 5. The van der Waals surface area contributed by atoms with Gasteiger partial charge in [-0.2, -0.15) is 0 Å². The Morgan fingerprint density at radius 3 is 1.39 bits per heavy atom. The molecule has 0 radical (unpaired) electrons. The molecule has 0 spiro atoms. The van der Waals surface area contributed by atoms with Gasteiger partial charge in [-0.15, -0.1) is 0 Å². The van der Waals surface area contributed by atoms with Crippen molar-refractivity contribution in [3.8, 4) is 0 Å². The van der Waals surface area contributed by atoms with E-state index in [0.717, 1.165) is 6.42 Å². The standard InChI is InChI=1S/C22H46NO7P/c1-7-22(5,6)31(24,30-20-21(2,3)4)23-8-10-25-12-14-27-16-18-29-19-17-28-15-13-26-11-9-23/h7-20H2,1-6H3. The molecular formula is C22H46NO7P. The van der Waals surface area contributed by atoms with Gasteiger partial charge in [0.15, 0.2) is 0 Å². The fraction of sp³-hybridized carbons (Fsp3) is 1.00. The second kappa shape index (κ2) is 15.0. The first-order valence-electron chi connectivity index (χ1n) is 11.5. The van der Waals surface area contributed by atoms with Crippen LogP contribution in [0.4, 0.5) is 0 Å². The minimum absolute atomic E-state index is 0.0818. The van der Waals surface area contributed by atoms with E-state index in [4.69, 9.17) is 28.2 Å². The molecule has 0 aromatic carbocycles. The predicted octanol–water partition coefficient (Wildman–Crippen LogP) is 3.83. The molecule has 0 saturated carbocycles. The van der Waals surface area contributed by atoms with Crippen molar-refractivity contribution in [2.75, 3.05) is 85.8 Å². The molecule has 1 atom stereocenters. The van der Waals surface area contributed by atoms with Gasteiger partial charge in [-0.1, -0.05) is 27.7 Å². The molecule has 1 rings (SSSR count). The predicted molar refractivity (Wildman–Crippen MR) is 123 cm³/mol. The Balaban J connectivity index is 2.85. The maximum Gasteiger partial charge on any atom is 0.278 e. The van der Waals surface area contributed by atoms with Crippen LogP contribution in [0.15, 0.2) is 0 Å². The van der Waals surface area contributed by atoms with Crippen LogP contribution in [0.5, 0.6) is 0 Å². The van der Waals surface area contributed by atoms with Crippen molar-refractivity contribution in [3.05, 3.63) is 0 Å². The van der Waals surface area contributed by atoms with E-state index in [9.17, 15) is 4.57 Å². The van der Waals surface area contributed by atoms with E-state index >= 15 is 0 Å². The highest BCUT2D eigenvalue weighted by Gasteiger charge is 2.46. The van der Waals surface area contributed by atoms with Crippen LogP contribution < -0.4 is 0 Å². The summed E-state index contributed by atoms with van der Waals surface area (Å²) in [5.41, 5.74) is -0.0818. The Bertz CT molecular complexity index is 493. The largest absolute Gasteiger partial charge is 0.378 e. The van der Waals surface area contributed by atoms with E-state index in [0.29, 0.717) is 85.8 Å². The Morgan fingerprint density at radius 2 is 1.06 bits per heavy atom. The summed E-state index contributed by atoms with van der Waals surface area (Å²) >= 11 is 0. The lowest BCUT2D eigenvalue weighted by Crippen LogP contribution is -2.38. The van der Waals surface area contributed by atoms with Crippen LogP contribution in [-0.4, -0.2) is 95.6 Å². The molecule has 186 valence electrons. The fourth-order valence-electron chi connectivity index (χ4n) is 2.82. The molecule has 1 saturated heterocycles. The SMILES string of the molecule is CCC(C)(C)P(=O)(OCC(C)(C)C)N1CCOCCOCCOCCOCCOCC1. The van der Waals surface area contributed by atoms with Crippen molar-refractivity contribution in [2.24, 2.45) is 5.41 Å². The van der Waals surface area contributed by atoms with E-state index < -0.39 is 12.7 Å². The zero-order valence-corrected chi connectivity index (χ0v) is 21.5. The van der Waals surface area contributed by atoms with Gasteiger partial charge in [0.05, 0.1) is 77.8 Å². The molecule has 0 amide bonds. The molecule has 9 heteroatoms. The smallest absolute Gasteiger partial charge is 0.278 e. The summed E-state index contributed by atoms with van der Waals surface area (Å²) in [4.78, 5) is 0. The van der Waals surface area contributed by atoms with Gasteiger partial charge < -0.3 is 28.2 Å². The van der Waals surface area contributed by atoms with Gasteiger partial charge in [0.25, 0.3) is 7.52 Å². The fourth-order valence-corrected chi connectivity index (χ4v) is 5.75. The van der Waals surface area contributed by atoms with Crippen molar-refractivity contribution in [1.29, 1.82) is 0 Å². The highest BCUT2D eigenvalue weighted by Crippen LogP contribution is 2.63. The van der Waals surface area contributed by atoms with Gasteiger partial charge in [-0.25, -0.2) is 4.67 Å². The van der Waals surface area contributed by atoms with Gasteiger partial charge in [0.2, 0.25) is 0 Å². The van der Waals surface area contributed by atoms with E-state index in [1.165, 1.54) is 0 Å². The monoisotopic (exact) mass is 467 g/mol. The molecule has 31 heavy (non-hydrogen) atoms.